The van der Waals surface area contributed by atoms with Crippen LogP contribution in [0.4, 0.5) is 0 Å². The summed E-state index contributed by atoms with van der Waals surface area (Å²) in [5.41, 5.74) is 9.51. The average molecular weight is 276 g/mol. The summed E-state index contributed by atoms with van der Waals surface area (Å²) in [6.07, 6.45) is 6.62. The molecule has 1 aromatic heterocycles. The number of aromatic nitrogens is 2. The van der Waals surface area contributed by atoms with E-state index in [-0.39, 0.29) is 0 Å². The molecule has 0 saturated heterocycles. The van der Waals surface area contributed by atoms with Crippen molar-refractivity contribution in [2.45, 2.75) is 31.6 Å². The lowest BCUT2D eigenvalue weighted by Crippen LogP contribution is -2.15. The minimum absolute atomic E-state index is 0.579. The van der Waals surface area contributed by atoms with E-state index in [9.17, 15) is 0 Å². The van der Waals surface area contributed by atoms with Gasteiger partial charge in [-0.15, -0.1) is 0 Å². The Bertz CT molecular complexity index is 559. The number of benzene rings is 1. The molecule has 3 nitrogen and oxygen atoms in total. The van der Waals surface area contributed by atoms with Crippen molar-refractivity contribution in [2.24, 2.45) is 5.73 Å². The zero-order valence-electron chi connectivity index (χ0n) is 10.8. The second kappa shape index (κ2) is 5.35. The van der Waals surface area contributed by atoms with Crippen LogP contribution < -0.4 is 5.73 Å². The van der Waals surface area contributed by atoms with Gasteiger partial charge in [-0.3, -0.25) is 0 Å². The van der Waals surface area contributed by atoms with Gasteiger partial charge in [-0.1, -0.05) is 11.6 Å². The average Bonchev–Trinajstić information content (AvgIpc) is 2.85. The van der Waals surface area contributed by atoms with Crippen molar-refractivity contribution in [1.29, 1.82) is 0 Å². The number of hydrogen-bond acceptors (Lipinski definition) is 2. The minimum Gasteiger partial charge on any atom is -0.330 e. The fourth-order valence-corrected chi connectivity index (χ4v) is 3.08. The quantitative estimate of drug-likeness (QED) is 0.934. The third-order valence-corrected chi connectivity index (χ3v) is 4.15. The van der Waals surface area contributed by atoms with E-state index in [1.54, 1.807) is 0 Å². The van der Waals surface area contributed by atoms with Crippen molar-refractivity contribution < 1.29 is 0 Å². The van der Waals surface area contributed by atoms with Crippen LogP contribution in [0.1, 0.15) is 36.4 Å². The van der Waals surface area contributed by atoms with Gasteiger partial charge in [0.1, 0.15) is 0 Å². The van der Waals surface area contributed by atoms with Gasteiger partial charge >= 0.3 is 0 Å². The third-order valence-electron chi connectivity index (χ3n) is 3.89. The molecule has 19 heavy (non-hydrogen) atoms. The third kappa shape index (κ3) is 2.40. The Morgan fingerprint density at radius 2 is 2.11 bits per heavy atom. The maximum atomic E-state index is 5.94. The molecule has 1 aromatic carbocycles. The highest BCUT2D eigenvalue weighted by Gasteiger charge is 2.23. The monoisotopic (exact) mass is 275 g/mol. The number of hydrogen-bond donors (Lipinski definition) is 1. The number of nitrogens with zero attached hydrogens (tertiary/aromatic N) is 2. The van der Waals surface area contributed by atoms with Crippen LogP contribution in [0, 0.1) is 0 Å². The molecule has 1 heterocycles. The molecule has 3 rings (SSSR count). The van der Waals surface area contributed by atoms with Gasteiger partial charge in [0.2, 0.25) is 0 Å². The molecule has 0 aliphatic heterocycles. The lowest BCUT2D eigenvalue weighted by atomic mass is 9.85. The van der Waals surface area contributed by atoms with Gasteiger partial charge in [-0.25, -0.2) is 4.68 Å². The predicted octanol–water partition coefficient (Wildman–Crippen LogP) is 3.29. The molecule has 0 spiro atoms. The summed E-state index contributed by atoms with van der Waals surface area (Å²) in [5, 5.41) is 5.32. The first kappa shape index (κ1) is 12.7. The molecule has 0 saturated carbocycles. The molecule has 1 unspecified atom stereocenters. The van der Waals surface area contributed by atoms with Crippen molar-refractivity contribution in [3.05, 3.63) is 46.7 Å². The maximum Gasteiger partial charge on any atom is 0.0649 e. The van der Waals surface area contributed by atoms with E-state index in [1.165, 1.54) is 24.1 Å². The second-order valence-corrected chi connectivity index (χ2v) is 5.54. The Morgan fingerprint density at radius 1 is 1.32 bits per heavy atom. The normalized spacial score (nSPS) is 18.3. The fraction of sp³-hybridized carbons (Fsp3) is 0.400. The van der Waals surface area contributed by atoms with Crippen LogP contribution >= 0.6 is 11.6 Å². The summed E-state index contributed by atoms with van der Waals surface area (Å²) in [6.45, 7) is 0.746. The molecule has 1 atom stereocenters. The molecule has 4 heteroatoms. The summed E-state index contributed by atoms with van der Waals surface area (Å²) in [5.74, 6) is 0.579. The molecule has 0 bridgehead atoms. The van der Waals surface area contributed by atoms with Crippen molar-refractivity contribution >= 4 is 11.6 Å². The zero-order valence-corrected chi connectivity index (χ0v) is 11.6. The van der Waals surface area contributed by atoms with E-state index in [0.29, 0.717) is 5.92 Å². The molecule has 100 valence electrons. The first-order chi connectivity index (χ1) is 9.29. The summed E-state index contributed by atoms with van der Waals surface area (Å²) in [7, 11) is 0. The Morgan fingerprint density at radius 3 is 2.84 bits per heavy atom. The zero-order chi connectivity index (χ0) is 13.2. The first-order valence-corrected chi connectivity index (χ1v) is 7.20. The van der Waals surface area contributed by atoms with Gasteiger partial charge in [-0.05, 0) is 68.0 Å². The van der Waals surface area contributed by atoms with E-state index in [0.717, 1.165) is 30.1 Å². The fourth-order valence-electron chi connectivity index (χ4n) is 2.95. The number of rotatable bonds is 3. The molecular formula is C15H18ClN3. The predicted molar refractivity (Wildman–Crippen MR) is 77.9 cm³/mol. The van der Waals surface area contributed by atoms with Crippen LogP contribution in [-0.4, -0.2) is 16.3 Å². The highest BCUT2D eigenvalue weighted by atomic mass is 35.5. The van der Waals surface area contributed by atoms with Gasteiger partial charge in [0.05, 0.1) is 11.9 Å². The summed E-state index contributed by atoms with van der Waals surface area (Å²) in [6, 6.07) is 7.85. The van der Waals surface area contributed by atoms with Gasteiger partial charge < -0.3 is 5.73 Å². The molecule has 1 aliphatic carbocycles. The molecular weight excluding hydrogens is 258 g/mol. The van der Waals surface area contributed by atoms with E-state index < -0.39 is 0 Å². The van der Waals surface area contributed by atoms with Gasteiger partial charge in [0, 0.05) is 10.7 Å². The van der Waals surface area contributed by atoms with E-state index >= 15 is 0 Å². The van der Waals surface area contributed by atoms with Crippen molar-refractivity contribution in [3.8, 4) is 5.69 Å². The minimum atomic E-state index is 0.579. The van der Waals surface area contributed by atoms with Crippen LogP contribution in [-0.2, 0) is 6.42 Å². The SMILES string of the molecule is NCCC1CCCc2c1cnn2-c1ccc(Cl)cc1. The lowest BCUT2D eigenvalue weighted by molar-refractivity contribution is 0.518. The topological polar surface area (TPSA) is 43.8 Å². The van der Waals surface area contributed by atoms with Crippen LogP contribution in [0.5, 0.6) is 0 Å². The van der Waals surface area contributed by atoms with Crippen LogP contribution in [0.3, 0.4) is 0 Å². The molecule has 1 aliphatic rings. The van der Waals surface area contributed by atoms with Gasteiger partial charge in [-0.2, -0.15) is 5.10 Å². The molecule has 2 aromatic rings. The van der Waals surface area contributed by atoms with E-state index in [1.807, 2.05) is 35.1 Å². The highest BCUT2D eigenvalue weighted by molar-refractivity contribution is 6.30. The molecule has 0 amide bonds. The highest BCUT2D eigenvalue weighted by Crippen LogP contribution is 2.34. The van der Waals surface area contributed by atoms with Gasteiger partial charge in [0.25, 0.3) is 0 Å². The summed E-state index contributed by atoms with van der Waals surface area (Å²) in [4.78, 5) is 0. The van der Waals surface area contributed by atoms with Crippen LogP contribution in [0.15, 0.2) is 30.5 Å². The van der Waals surface area contributed by atoms with Crippen molar-refractivity contribution in [2.75, 3.05) is 6.54 Å². The Balaban J connectivity index is 1.98. The van der Waals surface area contributed by atoms with Crippen LogP contribution in [0.25, 0.3) is 5.69 Å². The molecule has 0 fully saturated rings. The smallest absolute Gasteiger partial charge is 0.0649 e. The number of fused-ring (bicyclic) bond motifs is 1. The number of halogens is 1. The first-order valence-electron chi connectivity index (χ1n) is 6.82. The van der Waals surface area contributed by atoms with Crippen molar-refractivity contribution in [3.63, 3.8) is 0 Å². The van der Waals surface area contributed by atoms with Crippen molar-refractivity contribution in [1.82, 2.24) is 9.78 Å². The Labute approximate surface area is 118 Å². The second-order valence-electron chi connectivity index (χ2n) is 5.10. The Kier molecular flexibility index (Phi) is 3.58. The lowest BCUT2D eigenvalue weighted by Gasteiger charge is -2.22. The molecule has 2 N–H and O–H groups in total. The largest absolute Gasteiger partial charge is 0.330 e. The standard InChI is InChI=1S/C15H18ClN3/c16-12-4-6-13(7-5-12)19-15-3-1-2-11(8-9-17)14(15)10-18-19/h4-7,10-11H,1-3,8-9,17H2. The maximum absolute atomic E-state index is 5.94. The number of nitrogens with two attached hydrogens (primary N) is 1. The van der Waals surface area contributed by atoms with E-state index in [4.69, 9.17) is 17.3 Å². The summed E-state index contributed by atoms with van der Waals surface area (Å²) < 4.78 is 2.05. The van der Waals surface area contributed by atoms with Crippen LogP contribution in [0.2, 0.25) is 5.02 Å². The summed E-state index contributed by atoms with van der Waals surface area (Å²) >= 11 is 5.94. The Hall–Kier alpha value is -1.32. The van der Waals surface area contributed by atoms with Gasteiger partial charge in [0.15, 0.2) is 0 Å². The van der Waals surface area contributed by atoms with E-state index in [2.05, 4.69) is 5.10 Å². The molecule has 0 radical (unpaired) electrons.